The minimum atomic E-state index is -2.92. The molecule has 1 heterocycles. The Bertz CT molecular complexity index is 725. The Morgan fingerprint density at radius 2 is 2.07 bits per heavy atom. The molecule has 1 unspecified atom stereocenters. The van der Waals surface area contributed by atoms with Gasteiger partial charge in [-0.05, 0) is 37.5 Å². The van der Waals surface area contributed by atoms with Crippen molar-refractivity contribution in [1.29, 1.82) is 0 Å². The molecule has 0 saturated carbocycles. The second kappa shape index (κ2) is 11.6. The van der Waals surface area contributed by atoms with Crippen LogP contribution in [0.2, 0.25) is 0 Å². The average molecular weight is 511 g/mol. The molecule has 1 aliphatic rings. The van der Waals surface area contributed by atoms with Crippen molar-refractivity contribution >= 4 is 39.8 Å². The highest BCUT2D eigenvalue weighted by atomic mass is 127. The van der Waals surface area contributed by atoms with Crippen LogP contribution in [0, 0.1) is 0 Å². The van der Waals surface area contributed by atoms with E-state index in [1.807, 2.05) is 25.1 Å². The van der Waals surface area contributed by atoms with Crippen molar-refractivity contribution < 1.29 is 17.9 Å². The number of rotatable bonds is 8. The molecule has 1 aromatic carbocycles. The number of sulfone groups is 1. The van der Waals surface area contributed by atoms with E-state index >= 15 is 0 Å². The first-order valence-corrected chi connectivity index (χ1v) is 10.8. The van der Waals surface area contributed by atoms with Crippen molar-refractivity contribution in [2.75, 3.05) is 31.8 Å². The van der Waals surface area contributed by atoms with Crippen LogP contribution in [0.15, 0.2) is 23.2 Å². The van der Waals surface area contributed by atoms with Crippen LogP contribution in [0.3, 0.4) is 0 Å². The lowest BCUT2D eigenvalue weighted by molar-refractivity contribution is 0.294. The highest BCUT2D eigenvalue weighted by molar-refractivity contribution is 14.0. The largest absolute Gasteiger partial charge is 0.493 e. The fraction of sp³-hybridized carbons (Fsp3) is 0.611. The van der Waals surface area contributed by atoms with Gasteiger partial charge < -0.3 is 20.1 Å². The van der Waals surface area contributed by atoms with Crippen molar-refractivity contribution in [2.24, 2.45) is 4.99 Å². The number of halogens is 1. The van der Waals surface area contributed by atoms with Crippen LogP contribution < -0.4 is 20.1 Å². The van der Waals surface area contributed by atoms with E-state index in [1.165, 1.54) is 0 Å². The minimum absolute atomic E-state index is 0. The molecular weight excluding hydrogens is 481 g/mol. The number of nitrogens with zero attached hydrogens (tertiary/aromatic N) is 1. The molecule has 1 saturated heterocycles. The summed E-state index contributed by atoms with van der Waals surface area (Å²) in [5.41, 5.74) is 0.988. The van der Waals surface area contributed by atoms with Gasteiger partial charge >= 0.3 is 0 Å². The second-order valence-electron chi connectivity index (χ2n) is 6.27. The highest BCUT2D eigenvalue weighted by Gasteiger charge is 2.28. The van der Waals surface area contributed by atoms with E-state index in [0.29, 0.717) is 37.8 Å². The van der Waals surface area contributed by atoms with E-state index in [0.717, 1.165) is 17.7 Å². The maximum absolute atomic E-state index is 11.6. The van der Waals surface area contributed by atoms with Gasteiger partial charge in [0.1, 0.15) is 0 Å². The molecule has 0 amide bonds. The van der Waals surface area contributed by atoms with Gasteiger partial charge in [-0.25, -0.2) is 13.4 Å². The first-order chi connectivity index (χ1) is 12.5. The molecule has 0 aliphatic carbocycles. The van der Waals surface area contributed by atoms with Crippen LogP contribution in [0.25, 0.3) is 0 Å². The fourth-order valence-corrected chi connectivity index (χ4v) is 4.41. The average Bonchev–Trinajstić information content (AvgIpc) is 2.96. The van der Waals surface area contributed by atoms with Crippen molar-refractivity contribution in [3.05, 3.63) is 23.8 Å². The van der Waals surface area contributed by atoms with Crippen LogP contribution in [-0.2, 0) is 16.4 Å². The number of hydrogen-bond donors (Lipinski definition) is 2. The molecule has 1 fully saturated rings. The quantitative estimate of drug-likeness (QED) is 0.317. The number of benzene rings is 1. The summed E-state index contributed by atoms with van der Waals surface area (Å²) in [6, 6.07) is 5.68. The van der Waals surface area contributed by atoms with Gasteiger partial charge in [-0.3, -0.25) is 0 Å². The molecule has 0 aromatic heterocycles. The molecule has 2 N–H and O–H groups in total. The topological polar surface area (TPSA) is 89.0 Å². The van der Waals surface area contributed by atoms with Gasteiger partial charge in [0, 0.05) is 12.6 Å². The zero-order valence-electron chi connectivity index (χ0n) is 16.2. The number of guanidine groups is 1. The number of aliphatic imine (C=N–C) groups is 1. The van der Waals surface area contributed by atoms with Gasteiger partial charge in [-0.15, -0.1) is 24.0 Å². The van der Waals surface area contributed by atoms with Crippen LogP contribution in [-0.4, -0.2) is 52.2 Å². The van der Waals surface area contributed by atoms with Gasteiger partial charge in [0.25, 0.3) is 0 Å². The Hall–Kier alpha value is -1.23. The fourth-order valence-electron chi connectivity index (χ4n) is 2.73. The minimum Gasteiger partial charge on any atom is -0.493 e. The van der Waals surface area contributed by atoms with Crippen molar-refractivity contribution in [1.82, 2.24) is 10.6 Å². The van der Waals surface area contributed by atoms with Crippen LogP contribution in [0.4, 0.5) is 0 Å². The Kier molecular flexibility index (Phi) is 10.2. The standard InChI is InChI=1S/C18H29N3O4S.HI/c1-4-9-25-16-7-6-14(11-17(16)24-3)12-20-18(19-5-2)21-15-8-10-26(22,23)13-15;/h6-7,11,15H,4-5,8-10,12-13H2,1-3H3,(H2,19,20,21);1H. The normalized spacial score (nSPS) is 18.5. The molecular formula is C18H30IN3O4S. The Balaban J connectivity index is 0.00000364. The third-order valence-electron chi connectivity index (χ3n) is 4.03. The molecule has 1 atom stereocenters. The molecule has 2 rings (SSSR count). The van der Waals surface area contributed by atoms with Crippen LogP contribution in [0.5, 0.6) is 11.5 Å². The van der Waals surface area contributed by atoms with Gasteiger partial charge in [0.2, 0.25) is 0 Å². The molecule has 0 radical (unpaired) electrons. The molecule has 1 aliphatic heterocycles. The maximum Gasteiger partial charge on any atom is 0.191 e. The van der Waals surface area contributed by atoms with Crippen LogP contribution >= 0.6 is 24.0 Å². The SMILES string of the molecule is CCCOc1ccc(CN=C(NCC)NC2CCS(=O)(=O)C2)cc1OC.I. The smallest absolute Gasteiger partial charge is 0.191 e. The van der Waals surface area contributed by atoms with Crippen molar-refractivity contribution in [3.8, 4) is 11.5 Å². The summed E-state index contributed by atoms with van der Waals surface area (Å²) >= 11 is 0. The number of hydrogen-bond acceptors (Lipinski definition) is 5. The predicted octanol–water partition coefficient (Wildman–Crippen LogP) is 2.34. The molecule has 9 heteroatoms. The maximum atomic E-state index is 11.6. The predicted molar refractivity (Wildman–Crippen MR) is 119 cm³/mol. The summed E-state index contributed by atoms with van der Waals surface area (Å²) in [7, 11) is -1.30. The van der Waals surface area contributed by atoms with Gasteiger partial charge in [-0.1, -0.05) is 13.0 Å². The third-order valence-corrected chi connectivity index (χ3v) is 5.79. The van der Waals surface area contributed by atoms with E-state index in [2.05, 4.69) is 22.5 Å². The Morgan fingerprint density at radius 1 is 1.30 bits per heavy atom. The van der Waals surface area contributed by atoms with Crippen molar-refractivity contribution in [2.45, 2.75) is 39.3 Å². The third kappa shape index (κ3) is 7.73. The summed E-state index contributed by atoms with van der Waals surface area (Å²) in [5, 5.41) is 6.38. The number of ether oxygens (including phenoxy) is 2. The Labute approximate surface area is 179 Å². The number of methoxy groups -OCH3 is 1. The Morgan fingerprint density at radius 3 is 2.67 bits per heavy atom. The zero-order valence-corrected chi connectivity index (χ0v) is 19.3. The molecule has 154 valence electrons. The van der Waals surface area contributed by atoms with E-state index < -0.39 is 9.84 Å². The van der Waals surface area contributed by atoms with E-state index in [4.69, 9.17) is 9.47 Å². The van der Waals surface area contributed by atoms with Gasteiger partial charge in [0.15, 0.2) is 27.3 Å². The lowest BCUT2D eigenvalue weighted by Crippen LogP contribution is -2.44. The summed E-state index contributed by atoms with van der Waals surface area (Å²) in [6.07, 6.45) is 1.55. The monoisotopic (exact) mass is 511 g/mol. The number of nitrogens with one attached hydrogen (secondary N) is 2. The first kappa shape index (κ1) is 23.8. The lowest BCUT2D eigenvalue weighted by Gasteiger charge is -2.16. The van der Waals surface area contributed by atoms with Crippen LogP contribution in [0.1, 0.15) is 32.3 Å². The molecule has 1 aromatic rings. The van der Waals surface area contributed by atoms with E-state index in [-0.39, 0.29) is 41.5 Å². The summed E-state index contributed by atoms with van der Waals surface area (Å²) in [4.78, 5) is 4.57. The van der Waals surface area contributed by atoms with Gasteiger partial charge in [0.05, 0.1) is 31.8 Å². The lowest BCUT2D eigenvalue weighted by atomic mass is 10.2. The molecule has 0 spiro atoms. The van der Waals surface area contributed by atoms with E-state index in [9.17, 15) is 8.42 Å². The summed E-state index contributed by atoms with van der Waals surface area (Å²) in [5.74, 6) is 2.43. The molecule has 27 heavy (non-hydrogen) atoms. The molecule has 7 nitrogen and oxygen atoms in total. The van der Waals surface area contributed by atoms with E-state index in [1.54, 1.807) is 7.11 Å². The zero-order chi connectivity index (χ0) is 19.0. The van der Waals surface area contributed by atoms with Crippen molar-refractivity contribution in [3.63, 3.8) is 0 Å². The molecule has 0 bridgehead atoms. The summed E-state index contributed by atoms with van der Waals surface area (Å²) < 4.78 is 34.3. The second-order valence-corrected chi connectivity index (χ2v) is 8.50. The highest BCUT2D eigenvalue weighted by Crippen LogP contribution is 2.28. The first-order valence-electron chi connectivity index (χ1n) is 9.02. The summed E-state index contributed by atoms with van der Waals surface area (Å²) in [6.45, 7) is 5.84. The van der Waals surface area contributed by atoms with Gasteiger partial charge in [-0.2, -0.15) is 0 Å².